The summed E-state index contributed by atoms with van der Waals surface area (Å²) in [6.45, 7) is 4.26. The number of aromatic nitrogens is 2. The van der Waals surface area contributed by atoms with Crippen LogP contribution in [-0.4, -0.2) is 16.0 Å². The van der Waals surface area contributed by atoms with Crippen molar-refractivity contribution in [1.82, 2.24) is 9.97 Å². The molecule has 0 bridgehead atoms. The Bertz CT molecular complexity index is 324. The van der Waals surface area contributed by atoms with Crippen LogP contribution in [0.4, 0.5) is 5.82 Å². The van der Waals surface area contributed by atoms with E-state index in [9.17, 15) is 0 Å². The first-order valence-corrected chi connectivity index (χ1v) is 5.80. The molecule has 82 valence electrons. The molecule has 1 N–H and O–H groups in total. The van der Waals surface area contributed by atoms with Crippen molar-refractivity contribution >= 4 is 5.82 Å². The molecule has 0 saturated heterocycles. The summed E-state index contributed by atoms with van der Waals surface area (Å²) < 4.78 is 0. The molecule has 0 radical (unpaired) electrons. The fourth-order valence-corrected chi connectivity index (χ4v) is 2.31. The van der Waals surface area contributed by atoms with Crippen molar-refractivity contribution in [3.05, 3.63) is 18.1 Å². The van der Waals surface area contributed by atoms with Crippen molar-refractivity contribution in [2.75, 3.05) is 5.32 Å². The maximum Gasteiger partial charge on any atom is 0.129 e. The van der Waals surface area contributed by atoms with Gasteiger partial charge in [-0.1, -0.05) is 19.8 Å². The lowest BCUT2D eigenvalue weighted by molar-refractivity contribution is 0.358. The summed E-state index contributed by atoms with van der Waals surface area (Å²) in [6, 6.07) is 2.55. The van der Waals surface area contributed by atoms with Gasteiger partial charge in [0, 0.05) is 12.2 Å². The lowest BCUT2D eigenvalue weighted by Crippen LogP contribution is -2.26. The Morgan fingerprint density at radius 1 is 1.40 bits per heavy atom. The van der Waals surface area contributed by atoms with Crippen LogP contribution in [0.15, 0.2) is 12.3 Å². The summed E-state index contributed by atoms with van der Waals surface area (Å²) in [5, 5.41) is 3.50. The Labute approximate surface area is 91.3 Å². The van der Waals surface area contributed by atoms with Crippen molar-refractivity contribution in [3.8, 4) is 0 Å². The number of rotatable bonds is 2. The molecular weight excluding hydrogens is 186 g/mol. The first kappa shape index (κ1) is 10.4. The molecule has 3 nitrogen and oxygen atoms in total. The van der Waals surface area contributed by atoms with Crippen molar-refractivity contribution in [3.63, 3.8) is 0 Å². The number of aryl methyl sites for hydroxylation is 1. The zero-order chi connectivity index (χ0) is 10.7. The normalized spacial score (nSPS) is 26.3. The van der Waals surface area contributed by atoms with Crippen LogP contribution >= 0.6 is 0 Å². The zero-order valence-electron chi connectivity index (χ0n) is 9.53. The van der Waals surface area contributed by atoms with Gasteiger partial charge in [-0.3, -0.25) is 0 Å². The SMILES string of the molecule is Cc1nccc(NC2CCCC(C)C2)n1. The molecule has 2 unspecified atom stereocenters. The molecule has 0 aromatic carbocycles. The highest BCUT2D eigenvalue weighted by atomic mass is 15.0. The van der Waals surface area contributed by atoms with E-state index in [0.29, 0.717) is 6.04 Å². The van der Waals surface area contributed by atoms with Crippen LogP contribution in [0.25, 0.3) is 0 Å². The molecule has 1 saturated carbocycles. The number of nitrogens with zero attached hydrogens (tertiary/aromatic N) is 2. The van der Waals surface area contributed by atoms with E-state index in [4.69, 9.17) is 0 Å². The first-order valence-electron chi connectivity index (χ1n) is 5.80. The van der Waals surface area contributed by atoms with E-state index in [2.05, 4.69) is 22.2 Å². The average molecular weight is 205 g/mol. The van der Waals surface area contributed by atoms with Crippen molar-refractivity contribution < 1.29 is 0 Å². The van der Waals surface area contributed by atoms with Gasteiger partial charge in [0.25, 0.3) is 0 Å². The third-order valence-corrected chi connectivity index (χ3v) is 3.06. The maximum atomic E-state index is 4.37. The third-order valence-electron chi connectivity index (χ3n) is 3.06. The zero-order valence-corrected chi connectivity index (χ0v) is 9.53. The fraction of sp³-hybridized carbons (Fsp3) is 0.667. The highest BCUT2D eigenvalue weighted by Crippen LogP contribution is 2.25. The summed E-state index contributed by atoms with van der Waals surface area (Å²) in [6.07, 6.45) is 7.07. The van der Waals surface area contributed by atoms with E-state index in [0.717, 1.165) is 17.6 Å². The summed E-state index contributed by atoms with van der Waals surface area (Å²) in [4.78, 5) is 8.47. The number of hydrogen-bond donors (Lipinski definition) is 1. The van der Waals surface area contributed by atoms with Crippen LogP contribution in [-0.2, 0) is 0 Å². The third kappa shape index (κ3) is 2.91. The Morgan fingerprint density at radius 2 is 2.27 bits per heavy atom. The molecule has 3 heteroatoms. The van der Waals surface area contributed by atoms with Crippen LogP contribution < -0.4 is 5.32 Å². The largest absolute Gasteiger partial charge is 0.367 e. The fourth-order valence-electron chi connectivity index (χ4n) is 2.31. The minimum Gasteiger partial charge on any atom is -0.367 e. The van der Waals surface area contributed by atoms with Crippen molar-refractivity contribution in [2.24, 2.45) is 5.92 Å². The number of nitrogens with one attached hydrogen (secondary N) is 1. The second kappa shape index (κ2) is 4.60. The lowest BCUT2D eigenvalue weighted by atomic mass is 9.87. The molecule has 1 fully saturated rings. The highest BCUT2D eigenvalue weighted by molar-refractivity contribution is 5.34. The summed E-state index contributed by atoms with van der Waals surface area (Å²) in [5.41, 5.74) is 0. The molecule has 0 amide bonds. The van der Waals surface area contributed by atoms with E-state index in [-0.39, 0.29) is 0 Å². The van der Waals surface area contributed by atoms with Crippen molar-refractivity contribution in [1.29, 1.82) is 0 Å². The predicted octanol–water partition coefficient (Wildman–Crippen LogP) is 2.78. The minimum atomic E-state index is 0.600. The van der Waals surface area contributed by atoms with Gasteiger partial charge >= 0.3 is 0 Å². The van der Waals surface area contributed by atoms with Gasteiger partial charge in [-0.2, -0.15) is 0 Å². The predicted molar refractivity (Wildman–Crippen MR) is 61.8 cm³/mol. The topological polar surface area (TPSA) is 37.8 Å². The average Bonchev–Trinajstić information content (AvgIpc) is 2.17. The van der Waals surface area contributed by atoms with Gasteiger partial charge in [-0.05, 0) is 31.7 Å². The summed E-state index contributed by atoms with van der Waals surface area (Å²) in [5.74, 6) is 2.66. The second-order valence-electron chi connectivity index (χ2n) is 4.60. The Kier molecular flexibility index (Phi) is 3.19. The quantitative estimate of drug-likeness (QED) is 0.806. The number of anilines is 1. The molecular formula is C12H19N3. The van der Waals surface area contributed by atoms with Gasteiger partial charge < -0.3 is 5.32 Å². The molecule has 15 heavy (non-hydrogen) atoms. The smallest absolute Gasteiger partial charge is 0.129 e. The van der Waals surface area contributed by atoms with E-state index < -0.39 is 0 Å². The van der Waals surface area contributed by atoms with Gasteiger partial charge in [0.2, 0.25) is 0 Å². The molecule has 1 aliphatic rings. The lowest BCUT2D eigenvalue weighted by Gasteiger charge is -2.27. The van der Waals surface area contributed by atoms with Crippen LogP contribution in [0, 0.1) is 12.8 Å². The second-order valence-corrected chi connectivity index (χ2v) is 4.60. The van der Waals surface area contributed by atoms with Crippen LogP contribution in [0.1, 0.15) is 38.4 Å². The monoisotopic (exact) mass is 205 g/mol. The molecule has 1 aromatic rings. The molecule has 1 aromatic heterocycles. The van der Waals surface area contributed by atoms with Crippen LogP contribution in [0.2, 0.25) is 0 Å². The van der Waals surface area contributed by atoms with Crippen LogP contribution in [0.5, 0.6) is 0 Å². The molecule has 1 aliphatic carbocycles. The van der Waals surface area contributed by atoms with Crippen LogP contribution in [0.3, 0.4) is 0 Å². The van der Waals surface area contributed by atoms with E-state index in [1.165, 1.54) is 25.7 Å². The van der Waals surface area contributed by atoms with Gasteiger partial charge in [0.1, 0.15) is 11.6 Å². The highest BCUT2D eigenvalue weighted by Gasteiger charge is 2.18. The van der Waals surface area contributed by atoms with E-state index in [1.54, 1.807) is 0 Å². The maximum absolute atomic E-state index is 4.37. The molecule has 1 heterocycles. The van der Waals surface area contributed by atoms with Crippen molar-refractivity contribution in [2.45, 2.75) is 45.6 Å². The van der Waals surface area contributed by atoms with E-state index in [1.807, 2.05) is 19.2 Å². The van der Waals surface area contributed by atoms with Gasteiger partial charge in [-0.15, -0.1) is 0 Å². The molecule has 0 spiro atoms. The standard InChI is InChI=1S/C12H19N3/c1-9-4-3-5-11(8-9)15-12-6-7-13-10(2)14-12/h6-7,9,11H,3-5,8H2,1-2H3,(H,13,14,15). The molecule has 0 aliphatic heterocycles. The Morgan fingerprint density at radius 3 is 3.00 bits per heavy atom. The van der Waals surface area contributed by atoms with Gasteiger partial charge in [0.05, 0.1) is 0 Å². The molecule has 2 rings (SSSR count). The van der Waals surface area contributed by atoms with Gasteiger partial charge in [0.15, 0.2) is 0 Å². The minimum absolute atomic E-state index is 0.600. The van der Waals surface area contributed by atoms with E-state index >= 15 is 0 Å². The Hall–Kier alpha value is -1.12. The Balaban J connectivity index is 1.96. The van der Waals surface area contributed by atoms with Gasteiger partial charge in [-0.25, -0.2) is 9.97 Å². The summed E-state index contributed by atoms with van der Waals surface area (Å²) >= 11 is 0. The first-order chi connectivity index (χ1) is 7.24. The molecule has 2 atom stereocenters. The number of hydrogen-bond acceptors (Lipinski definition) is 3. The summed E-state index contributed by atoms with van der Waals surface area (Å²) in [7, 11) is 0.